The van der Waals surface area contributed by atoms with Crippen molar-refractivity contribution in [3.8, 4) is 0 Å². The SMILES string of the molecule is CC[C@H](C)[C@H](C(=O)N(C)C[C@@H]1CCCN2CCCC[C@H]12)N1Cc2ccccc2C1=O. The highest BCUT2D eigenvalue weighted by atomic mass is 16.2. The highest BCUT2D eigenvalue weighted by molar-refractivity contribution is 6.01. The molecule has 5 heteroatoms. The molecule has 1 aromatic carbocycles. The van der Waals surface area contributed by atoms with E-state index in [4.69, 9.17) is 0 Å². The number of nitrogens with zero attached hydrogens (tertiary/aromatic N) is 3. The molecule has 0 bridgehead atoms. The highest BCUT2D eigenvalue weighted by Gasteiger charge is 2.41. The molecular formula is C25H37N3O2. The normalized spacial score (nSPS) is 26.1. The third kappa shape index (κ3) is 4.01. The van der Waals surface area contributed by atoms with Gasteiger partial charge in [0.2, 0.25) is 5.91 Å². The Hall–Kier alpha value is -1.88. The lowest BCUT2D eigenvalue weighted by molar-refractivity contribution is -0.138. The summed E-state index contributed by atoms with van der Waals surface area (Å²) in [7, 11) is 1.95. The van der Waals surface area contributed by atoms with E-state index in [1.807, 2.05) is 41.1 Å². The smallest absolute Gasteiger partial charge is 0.255 e. The fourth-order valence-electron chi connectivity index (χ4n) is 5.87. The molecule has 3 aliphatic heterocycles. The van der Waals surface area contributed by atoms with Gasteiger partial charge in [0, 0.05) is 31.7 Å². The molecular weight excluding hydrogens is 374 g/mol. The van der Waals surface area contributed by atoms with Crippen LogP contribution in [0.5, 0.6) is 0 Å². The molecule has 0 saturated carbocycles. The van der Waals surface area contributed by atoms with Crippen LogP contribution < -0.4 is 0 Å². The van der Waals surface area contributed by atoms with E-state index in [2.05, 4.69) is 18.7 Å². The second-order valence-electron chi connectivity index (χ2n) is 9.64. The Bertz CT molecular complexity index is 777. The van der Waals surface area contributed by atoms with Gasteiger partial charge in [-0.1, -0.05) is 44.9 Å². The van der Waals surface area contributed by atoms with Crippen LogP contribution in [0.1, 0.15) is 68.3 Å². The summed E-state index contributed by atoms with van der Waals surface area (Å²) in [4.78, 5) is 33.2. The quantitative estimate of drug-likeness (QED) is 0.716. The average Bonchev–Trinajstić information content (AvgIpc) is 3.10. The van der Waals surface area contributed by atoms with Crippen LogP contribution in [-0.2, 0) is 11.3 Å². The molecule has 0 radical (unpaired) electrons. The van der Waals surface area contributed by atoms with Gasteiger partial charge in [-0.2, -0.15) is 0 Å². The van der Waals surface area contributed by atoms with Gasteiger partial charge in [-0.3, -0.25) is 9.59 Å². The maximum atomic E-state index is 13.7. The summed E-state index contributed by atoms with van der Waals surface area (Å²) in [5.74, 6) is 0.806. The molecule has 1 aromatic rings. The second-order valence-corrected chi connectivity index (χ2v) is 9.64. The zero-order valence-electron chi connectivity index (χ0n) is 18.8. The van der Waals surface area contributed by atoms with E-state index in [1.165, 1.54) is 45.2 Å². The number of rotatable bonds is 6. The van der Waals surface area contributed by atoms with E-state index >= 15 is 0 Å². The second kappa shape index (κ2) is 9.09. The monoisotopic (exact) mass is 411 g/mol. The third-order valence-corrected chi connectivity index (χ3v) is 7.73. The van der Waals surface area contributed by atoms with Crippen molar-refractivity contribution in [3.05, 3.63) is 35.4 Å². The van der Waals surface area contributed by atoms with E-state index in [1.54, 1.807) is 0 Å². The lowest BCUT2D eigenvalue weighted by atomic mass is 9.83. The van der Waals surface area contributed by atoms with Gasteiger partial charge in [-0.15, -0.1) is 0 Å². The number of hydrogen-bond donors (Lipinski definition) is 0. The number of hydrogen-bond acceptors (Lipinski definition) is 3. The lowest BCUT2D eigenvalue weighted by Crippen LogP contribution is -2.55. The lowest BCUT2D eigenvalue weighted by Gasteiger charge is -2.46. The number of carbonyl (C=O) groups is 2. The van der Waals surface area contributed by atoms with Crippen molar-refractivity contribution in [1.82, 2.24) is 14.7 Å². The molecule has 2 saturated heterocycles. The molecule has 0 aromatic heterocycles. The van der Waals surface area contributed by atoms with Crippen molar-refractivity contribution in [1.29, 1.82) is 0 Å². The third-order valence-electron chi connectivity index (χ3n) is 7.73. The van der Waals surface area contributed by atoms with Crippen LogP contribution in [-0.4, -0.2) is 65.3 Å². The summed E-state index contributed by atoms with van der Waals surface area (Å²) >= 11 is 0. The first-order valence-electron chi connectivity index (χ1n) is 11.9. The molecule has 3 heterocycles. The first-order valence-corrected chi connectivity index (χ1v) is 11.9. The molecule has 0 N–H and O–H groups in total. The zero-order valence-corrected chi connectivity index (χ0v) is 18.8. The van der Waals surface area contributed by atoms with Gasteiger partial charge in [0.25, 0.3) is 5.91 Å². The first-order chi connectivity index (χ1) is 14.5. The molecule has 164 valence electrons. The first kappa shape index (κ1) is 21.4. The number of carbonyl (C=O) groups excluding carboxylic acids is 2. The zero-order chi connectivity index (χ0) is 21.3. The standard InChI is InChI=1S/C25H37N3O2/c1-4-18(2)23(28-17-19-10-5-6-12-21(19)24(28)29)25(30)26(3)16-20-11-9-15-27-14-8-7-13-22(20)27/h5-6,10,12,18,20,22-23H,4,7-9,11,13-17H2,1-3H3/t18-,20-,22+,23+/m0/s1. The summed E-state index contributed by atoms with van der Waals surface area (Å²) in [5, 5.41) is 0. The van der Waals surface area contributed by atoms with Crippen molar-refractivity contribution >= 4 is 11.8 Å². The van der Waals surface area contributed by atoms with Crippen molar-refractivity contribution in [3.63, 3.8) is 0 Å². The van der Waals surface area contributed by atoms with Crippen molar-refractivity contribution in [2.24, 2.45) is 11.8 Å². The number of likely N-dealkylation sites (N-methyl/N-ethyl adjacent to an activating group) is 1. The molecule has 0 unspecified atom stereocenters. The van der Waals surface area contributed by atoms with Crippen LogP contribution in [0.3, 0.4) is 0 Å². The minimum atomic E-state index is -0.383. The molecule has 4 atom stereocenters. The maximum absolute atomic E-state index is 13.7. The Kier molecular flexibility index (Phi) is 6.47. The van der Waals surface area contributed by atoms with Crippen LogP contribution in [0.4, 0.5) is 0 Å². The molecule has 5 nitrogen and oxygen atoms in total. The number of amides is 2. The van der Waals surface area contributed by atoms with E-state index < -0.39 is 0 Å². The van der Waals surface area contributed by atoms with Gasteiger partial charge in [-0.05, 0) is 62.2 Å². The summed E-state index contributed by atoms with van der Waals surface area (Å²) in [6, 6.07) is 8.02. The predicted octanol–water partition coefficient (Wildman–Crippen LogP) is 3.78. The Labute approximate surface area is 181 Å². The van der Waals surface area contributed by atoms with Crippen molar-refractivity contribution in [2.75, 3.05) is 26.7 Å². The predicted molar refractivity (Wildman–Crippen MR) is 119 cm³/mol. The molecule has 0 aliphatic carbocycles. The molecule has 2 amide bonds. The Morgan fingerprint density at radius 2 is 1.93 bits per heavy atom. The summed E-state index contributed by atoms with van der Waals surface area (Å²) < 4.78 is 0. The number of benzene rings is 1. The minimum absolute atomic E-state index is 0.00812. The van der Waals surface area contributed by atoms with Gasteiger partial charge in [0.15, 0.2) is 0 Å². The Morgan fingerprint density at radius 1 is 1.17 bits per heavy atom. The van der Waals surface area contributed by atoms with Gasteiger partial charge in [0.05, 0.1) is 0 Å². The van der Waals surface area contributed by atoms with Gasteiger partial charge < -0.3 is 14.7 Å². The summed E-state index contributed by atoms with van der Waals surface area (Å²) in [6.45, 7) is 8.00. The topological polar surface area (TPSA) is 43.9 Å². The van der Waals surface area contributed by atoms with Gasteiger partial charge in [0.1, 0.15) is 6.04 Å². The van der Waals surface area contributed by atoms with Crippen LogP contribution in [0, 0.1) is 11.8 Å². The molecule has 4 rings (SSSR count). The van der Waals surface area contributed by atoms with Crippen LogP contribution in [0.25, 0.3) is 0 Å². The maximum Gasteiger partial charge on any atom is 0.255 e. The average molecular weight is 412 g/mol. The van der Waals surface area contributed by atoms with Gasteiger partial charge in [-0.25, -0.2) is 0 Å². The van der Waals surface area contributed by atoms with Gasteiger partial charge >= 0.3 is 0 Å². The number of piperidine rings is 2. The molecule has 0 spiro atoms. The fraction of sp³-hybridized carbons (Fsp3) is 0.680. The van der Waals surface area contributed by atoms with Crippen LogP contribution in [0.2, 0.25) is 0 Å². The summed E-state index contributed by atoms with van der Waals surface area (Å²) in [6.07, 6.45) is 7.21. The van der Waals surface area contributed by atoms with E-state index in [0.717, 1.165) is 24.1 Å². The number of fused-ring (bicyclic) bond motifs is 2. The van der Waals surface area contributed by atoms with Crippen LogP contribution in [0.15, 0.2) is 24.3 Å². The fourth-order valence-corrected chi connectivity index (χ4v) is 5.87. The Morgan fingerprint density at radius 3 is 2.70 bits per heavy atom. The van der Waals surface area contributed by atoms with E-state index in [9.17, 15) is 9.59 Å². The van der Waals surface area contributed by atoms with Crippen molar-refractivity contribution < 1.29 is 9.59 Å². The largest absolute Gasteiger partial charge is 0.344 e. The molecule has 3 aliphatic rings. The Balaban J connectivity index is 1.49. The summed E-state index contributed by atoms with van der Waals surface area (Å²) in [5.41, 5.74) is 1.79. The molecule has 2 fully saturated rings. The van der Waals surface area contributed by atoms with Crippen LogP contribution >= 0.6 is 0 Å². The minimum Gasteiger partial charge on any atom is -0.344 e. The highest BCUT2D eigenvalue weighted by Crippen LogP contribution is 2.33. The van der Waals surface area contributed by atoms with E-state index in [-0.39, 0.29) is 23.8 Å². The van der Waals surface area contributed by atoms with E-state index in [0.29, 0.717) is 18.5 Å². The molecule has 30 heavy (non-hydrogen) atoms. The van der Waals surface area contributed by atoms with Crippen molar-refractivity contribution in [2.45, 2.75) is 71.0 Å².